The van der Waals surface area contributed by atoms with Crippen LogP contribution in [0.25, 0.3) is 11.0 Å². The highest BCUT2D eigenvalue weighted by molar-refractivity contribution is 6.04. The predicted octanol–water partition coefficient (Wildman–Crippen LogP) is 3.74. The Morgan fingerprint density at radius 2 is 2.04 bits per heavy atom. The van der Waals surface area contributed by atoms with Crippen molar-refractivity contribution in [3.8, 4) is 0 Å². The summed E-state index contributed by atoms with van der Waals surface area (Å²) in [4.78, 5) is 20.8. The molecule has 1 unspecified atom stereocenters. The molecule has 3 heterocycles. The van der Waals surface area contributed by atoms with Crippen molar-refractivity contribution in [3.05, 3.63) is 53.7 Å². The van der Waals surface area contributed by atoms with Crippen LogP contribution in [0.15, 0.2) is 41.0 Å². The number of halogens is 3. The molecule has 6 nitrogen and oxygen atoms in total. The van der Waals surface area contributed by atoms with Gasteiger partial charge in [-0.1, -0.05) is 6.07 Å². The molecule has 0 spiro atoms. The summed E-state index contributed by atoms with van der Waals surface area (Å²) >= 11 is 0. The lowest BCUT2D eigenvalue weighted by atomic mass is 10.1. The van der Waals surface area contributed by atoms with Crippen LogP contribution in [0.4, 0.5) is 13.2 Å². The van der Waals surface area contributed by atoms with E-state index in [9.17, 15) is 18.0 Å². The van der Waals surface area contributed by atoms with Crippen LogP contribution in [0.3, 0.4) is 0 Å². The van der Waals surface area contributed by atoms with Gasteiger partial charge in [0.25, 0.3) is 5.91 Å². The van der Waals surface area contributed by atoms with Gasteiger partial charge in [-0.05, 0) is 50.2 Å². The minimum Gasteiger partial charge on any atom is -0.468 e. The fourth-order valence-electron chi connectivity index (χ4n) is 3.58. The molecule has 1 aliphatic heterocycles. The predicted molar refractivity (Wildman–Crippen MR) is 95.7 cm³/mol. The number of hydrogen-bond donors (Lipinski definition) is 2. The molecular formula is C19H19F3N4O2. The average Bonchev–Trinajstić information content (AvgIpc) is 3.41. The molecule has 4 rings (SSSR count). The number of carbonyl (C=O) groups excluding carboxylic acids is 1. The lowest BCUT2D eigenvalue weighted by Gasteiger charge is -2.26. The van der Waals surface area contributed by atoms with Gasteiger partial charge in [-0.25, -0.2) is 4.98 Å². The lowest BCUT2D eigenvalue weighted by molar-refractivity contribution is -0.144. The van der Waals surface area contributed by atoms with Gasteiger partial charge in [0.05, 0.1) is 23.4 Å². The summed E-state index contributed by atoms with van der Waals surface area (Å²) in [5.41, 5.74) is 0.272. The molecule has 1 atom stereocenters. The standard InChI is InChI=1S/C19H19F3N4O2/c20-19(21,22)18-24-13-6-3-5-12(16(13)25-18)17(27)23-11-14(15-7-4-10-28-15)26-8-1-2-9-26/h3-7,10,14H,1-2,8-9,11H2,(H,23,27)(H,24,25). The Morgan fingerprint density at radius 1 is 1.25 bits per heavy atom. The van der Waals surface area contributed by atoms with Crippen molar-refractivity contribution >= 4 is 16.9 Å². The van der Waals surface area contributed by atoms with Crippen molar-refractivity contribution in [1.29, 1.82) is 0 Å². The molecule has 0 bridgehead atoms. The first kappa shape index (κ1) is 18.5. The molecule has 0 aliphatic carbocycles. The largest absolute Gasteiger partial charge is 0.468 e. The smallest absolute Gasteiger partial charge is 0.449 e. The zero-order chi connectivity index (χ0) is 19.7. The lowest BCUT2D eigenvalue weighted by Crippen LogP contribution is -2.36. The number of benzene rings is 1. The highest BCUT2D eigenvalue weighted by atomic mass is 19.4. The van der Waals surface area contributed by atoms with Gasteiger partial charge in [-0.3, -0.25) is 9.69 Å². The Bertz CT molecular complexity index is 959. The van der Waals surface area contributed by atoms with Gasteiger partial charge in [0, 0.05) is 6.54 Å². The molecule has 1 aromatic carbocycles. The highest BCUT2D eigenvalue weighted by Crippen LogP contribution is 2.30. The summed E-state index contributed by atoms with van der Waals surface area (Å²) in [5.74, 6) is -0.839. The van der Waals surface area contributed by atoms with E-state index < -0.39 is 17.9 Å². The number of furan rings is 1. The second-order valence-corrected chi connectivity index (χ2v) is 6.77. The number of carbonyl (C=O) groups is 1. The monoisotopic (exact) mass is 392 g/mol. The number of rotatable bonds is 5. The minimum atomic E-state index is -4.60. The van der Waals surface area contributed by atoms with Crippen LogP contribution in [-0.4, -0.2) is 40.4 Å². The number of likely N-dealkylation sites (tertiary alicyclic amines) is 1. The van der Waals surface area contributed by atoms with Crippen LogP contribution < -0.4 is 5.32 Å². The summed E-state index contributed by atoms with van der Waals surface area (Å²) < 4.78 is 44.3. The number of aromatic nitrogens is 2. The van der Waals surface area contributed by atoms with Gasteiger partial charge in [-0.2, -0.15) is 13.2 Å². The first-order valence-electron chi connectivity index (χ1n) is 9.05. The summed E-state index contributed by atoms with van der Waals surface area (Å²) in [6.45, 7) is 2.11. The van der Waals surface area contributed by atoms with Gasteiger partial charge < -0.3 is 14.7 Å². The average molecular weight is 392 g/mol. The summed E-state index contributed by atoms with van der Waals surface area (Å²) in [6, 6.07) is 7.99. The zero-order valence-electron chi connectivity index (χ0n) is 14.9. The number of amides is 1. The van der Waals surface area contributed by atoms with Crippen LogP contribution in [-0.2, 0) is 6.18 Å². The molecule has 1 fully saturated rings. The Balaban J connectivity index is 1.55. The van der Waals surface area contributed by atoms with E-state index in [1.165, 1.54) is 18.2 Å². The van der Waals surface area contributed by atoms with Crippen molar-refractivity contribution < 1.29 is 22.4 Å². The third-order valence-corrected chi connectivity index (χ3v) is 4.93. The molecule has 1 saturated heterocycles. The topological polar surface area (TPSA) is 74.2 Å². The number of alkyl halides is 3. The Labute approximate surface area is 158 Å². The number of nitrogens with zero attached hydrogens (tertiary/aromatic N) is 2. The third-order valence-electron chi connectivity index (χ3n) is 4.93. The summed E-state index contributed by atoms with van der Waals surface area (Å²) in [7, 11) is 0. The third kappa shape index (κ3) is 3.62. The summed E-state index contributed by atoms with van der Waals surface area (Å²) in [6.07, 6.45) is -0.855. The molecule has 2 aromatic heterocycles. The van der Waals surface area contributed by atoms with Crippen molar-refractivity contribution in [2.45, 2.75) is 25.1 Å². The fourth-order valence-corrected chi connectivity index (χ4v) is 3.58. The number of imidazole rings is 1. The maximum atomic E-state index is 12.9. The molecule has 148 valence electrons. The maximum absolute atomic E-state index is 12.9. The number of nitrogens with one attached hydrogen (secondary N) is 2. The second-order valence-electron chi connectivity index (χ2n) is 6.77. The SMILES string of the molecule is O=C(NCC(c1ccco1)N1CCCC1)c1cccc2[nH]c(C(F)(F)F)nc12. The highest BCUT2D eigenvalue weighted by Gasteiger charge is 2.35. The molecule has 1 amide bonds. The first-order valence-corrected chi connectivity index (χ1v) is 9.05. The normalized spacial score (nSPS) is 16.5. The van der Waals surface area contributed by atoms with Crippen LogP contribution in [0, 0.1) is 0 Å². The number of hydrogen-bond acceptors (Lipinski definition) is 4. The van der Waals surface area contributed by atoms with Crippen molar-refractivity contribution in [2.24, 2.45) is 0 Å². The van der Waals surface area contributed by atoms with E-state index in [2.05, 4.69) is 20.2 Å². The number of para-hydroxylation sites is 1. The van der Waals surface area contributed by atoms with E-state index in [0.29, 0.717) is 6.54 Å². The van der Waals surface area contributed by atoms with Gasteiger partial charge in [-0.15, -0.1) is 0 Å². The van der Waals surface area contributed by atoms with Gasteiger partial charge in [0.15, 0.2) is 0 Å². The number of H-pyrrole nitrogens is 1. The van der Waals surface area contributed by atoms with E-state index in [1.54, 1.807) is 12.3 Å². The van der Waals surface area contributed by atoms with E-state index in [0.717, 1.165) is 31.7 Å². The Morgan fingerprint density at radius 3 is 2.71 bits per heavy atom. The van der Waals surface area contributed by atoms with Crippen molar-refractivity contribution in [2.75, 3.05) is 19.6 Å². The maximum Gasteiger partial charge on any atom is 0.449 e. The minimum absolute atomic E-state index is 0.00282. The molecule has 28 heavy (non-hydrogen) atoms. The van der Waals surface area contributed by atoms with E-state index in [1.807, 2.05) is 6.07 Å². The van der Waals surface area contributed by atoms with Crippen molar-refractivity contribution in [3.63, 3.8) is 0 Å². The van der Waals surface area contributed by atoms with E-state index >= 15 is 0 Å². The zero-order valence-corrected chi connectivity index (χ0v) is 14.9. The molecule has 2 N–H and O–H groups in total. The van der Waals surface area contributed by atoms with Gasteiger partial charge >= 0.3 is 6.18 Å². The summed E-state index contributed by atoms with van der Waals surface area (Å²) in [5, 5.41) is 2.83. The molecular weight excluding hydrogens is 373 g/mol. The van der Waals surface area contributed by atoms with Gasteiger partial charge in [0.2, 0.25) is 5.82 Å². The number of fused-ring (bicyclic) bond motifs is 1. The molecule has 3 aromatic rings. The molecule has 0 radical (unpaired) electrons. The van der Waals surface area contributed by atoms with E-state index in [4.69, 9.17) is 4.42 Å². The molecule has 0 saturated carbocycles. The quantitative estimate of drug-likeness (QED) is 0.694. The number of aromatic amines is 1. The van der Waals surface area contributed by atoms with Gasteiger partial charge in [0.1, 0.15) is 11.3 Å². The van der Waals surface area contributed by atoms with Crippen LogP contribution in [0.1, 0.15) is 40.8 Å². The molecule has 1 aliphatic rings. The van der Waals surface area contributed by atoms with Crippen LogP contribution in [0.2, 0.25) is 0 Å². The van der Waals surface area contributed by atoms with Crippen LogP contribution in [0.5, 0.6) is 0 Å². The second kappa shape index (κ2) is 7.31. The Hall–Kier alpha value is -2.81. The molecule has 9 heteroatoms. The van der Waals surface area contributed by atoms with E-state index in [-0.39, 0.29) is 22.6 Å². The van der Waals surface area contributed by atoms with Crippen molar-refractivity contribution in [1.82, 2.24) is 20.2 Å². The Kier molecular flexibility index (Phi) is 4.84. The first-order chi connectivity index (χ1) is 13.4. The van der Waals surface area contributed by atoms with Crippen LogP contribution >= 0.6 is 0 Å². The fraction of sp³-hybridized carbons (Fsp3) is 0.368.